The van der Waals surface area contributed by atoms with Crippen molar-refractivity contribution in [1.82, 2.24) is 14.4 Å². The van der Waals surface area contributed by atoms with Crippen LogP contribution in [0.2, 0.25) is 0 Å². The highest BCUT2D eigenvalue weighted by atomic mass is 16.5. The second-order valence-corrected chi connectivity index (χ2v) is 9.13. The number of benzene rings is 2. The zero-order valence-corrected chi connectivity index (χ0v) is 21.3. The van der Waals surface area contributed by atoms with Crippen LogP contribution in [-0.2, 0) is 13.0 Å². The van der Waals surface area contributed by atoms with Crippen LogP contribution in [0.3, 0.4) is 0 Å². The number of primary amides is 1. The summed E-state index contributed by atoms with van der Waals surface area (Å²) in [5, 5.41) is 2.90. The van der Waals surface area contributed by atoms with E-state index in [4.69, 9.17) is 10.5 Å². The molecular formula is C28H33N5O4. The number of nitrogens with one attached hydrogen (secondary N) is 1. The number of aromatic nitrogens is 1. The van der Waals surface area contributed by atoms with Crippen LogP contribution in [-0.4, -0.2) is 71.9 Å². The minimum absolute atomic E-state index is 0.0696. The number of hydrogen-bond acceptors (Lipinski definition) is 5. The average molecular weight is 504 g/mol. The van der Waals surface area contributed by atoms with Gasteiger partial charge in [-0.05, 0) is 49.2 Å². The Hall–Kier alpha value is -4.11. The molecular weight excluding hydrogens is 470 g/mol. The molecule has 1 fully saturated rings. The molecule has 9 nitrogen and oxygen atoms in total. The molecule has 1 aromatic heterocycles. The number of Topliss-reactive ketones (excluding diaryl/α,β-unsaturated/α-hetero) is 1. The Morgan fingerprint density at radius 2 is 1.65 bits per heavy atom. The number of carbonyl (C=O) groups is 3. The summed E-state index contributed by atoms with van der Waals surface area (Å²) in [6.07, 6.45) is 0.733. The van der Waals surface area contributed by atoms with Gasteiger partial charge in [-0.15, -0.1) is 0 Å². The van der Waals surface area contributed by atoms with E-state index in [0.29, 0.717) is 55.4 Å². The number of carbonyl (C=O) groups excluding carboxylic acids is 3. The molecule has 0 spiro atoms. The molecule has 3 aromatic rings. The minimum Gasteiger partial charge on any atom is -0.497 e. The molecule has 194 valence electrons. The molecule has 0 atom stereocenters. The van der Waals surface area contributed by atoms with E-state index < -0.39 is 5.91 Å². The van der Waals surface area contributed by atoms with Gasteiger partial charge >= 0.3 is 6.03 Å². The van der Waals surface area contributed by atoms with Gasteiger partial charge in [-0.1, -0.05) is 30.3 Å². The summed E-state index contributed by atoms with van der Waals surface area (Å²) in [7, 11) is 1.59. The van der Waals surface area contributed by atoms with Crippen molar-refractivity contribution in [1.29, 1.82) is 0 Å². The third-order valence-corrected chi connectivity index (χ3v) is 6.75. The van der Waals surface area contributed by atoms with Crippen molar-refractivity contribution in [2.75, 3.05) is 45.2 Å². The number of ether oxygens (including phenoxy) is 1. The van der Waals surface area contributed by atoms with Crippen LogP contribution in [0.1, 0.15) is 32.1 Å². The number of urea groups is 1. The summed E-state index contributed by atoms with van der Waals surface area (Å²) in [6, 6.07) is 18.6. The average Bonchev–Trinajstić information content (AvgIpc) is 3.25. The Balaban J connectivity index is 1.36. The second-order valence-electron chi connectivity index (χ2n) is 9.13. The molecule has 1 aliphatic rings. The van der Waals surface area contributed by atoms with Crippen LogP contribution in [0, 0.1) is 6.92 Å². The van der Waals surface area contributed by atoms with Crippen LogP contribution in [0.15, 0.2) is 60.7 Å². The zero-order valence-electron chi connectivity index (χ0n) is 21.3. The van der Waals surface area contributed by atoms with Gasteiger partial charge in [0, 0.05) is 44.1 Å². The normalized spacial score (nSPS) is 13.8. The maximum absolute atomic E-state index is 13.3. The second kappa shape index (κ2) is 11.7. The molecule has 0 radical (unpaired) electrons. The molecule has 4 rings (SSSR count). The Labute approximate surface area is 216 Å². The molecule has 0 saturated carbocycles. The highest BCUT2D eigenvalue weighted by molar-refractivity contribution is 6.01. The Bertz CT molecular complexity index is 1250. The molecule has 3 amide bonds. The van der Waals surface area contributed by atoms with Gasteiger partial charge in [0.25, 0.3) is 5.91 Å². The number of anilines is 1. The summed E-state index contributed by atoms with van der Waals surface area (Å²) >= 11 is 0. The fraction of sp³-hybridized carbons (Fsp3) is 0.321. The third-order valence-electron chi connectivity index (χ3n) is 6.75. The van der Waals surface area contributed by atoms with Crippen molar-refractivity contribution in [2.45, 2.75) is 19.9 Å². The predicted octanol–water partition coefficient (Wildman–Crippen LogP) is 3.18. The fourth-order valence-corrected chi connectivity index (χ4v) is 4.57. The summed E-state index contributed by atoms with van der Waals surface area (Å²) in [4.78, 5) is 41.7. The number of hydrogen-bond donors (Lipinski definition) is 2. The predicted molar refractivity (Wildman–Crippen MR) is 142 cm³/mol. The van der Waals surface area contributed by atoms with Gasteiger partial charge in [-0.3, -0.25) is 14.5 Å². The first kappa shape index (κ1) is 26.0. The molecule has 37 heavy (non-hydrogen) atoms. The van der Waals surface area contributed by atoms with Gasteiger partial charge in [0.15, 0.2) is 5.78 Å². The van der Waals surface area contributed by atoms with Gasteiger partial charge in [0.2, 0.25) is 0 Å². The maximum Gasteiger partial charge on any atom is 0.321 e. The number of piperazine rings is 1. The van der Waals surface area contributed by atoms with E-state index in [-0.39, 0.29) is 18.4 Å². The standard InChI is InChI=1S/C28H33N5O4/c1-20-24(27(29)35)18-25(33(20)13-12-21-6-4-3-5-7-21)26(34)19-31-14-16-32(17-15-31)28(36)30-22-8-10-23(37-2)11-9-22/h3-11,18H,12-17,19H2,1-2H3,(H2,29,35)(H,30,36). The third kappa shape index (κ3) is 6.37. The van der Waals surface area contributed by atoms with Gasteiger partial charge in [-0.2, -0.15) is 0 Å². The summed E-state index contributed by atoms with van der Waals surface area (Å²) < 4.78 is 7.04. The van der Waals surface area contributed by atoms with Gasteiger partial charge in [-0.25, -0.2) is 4.79 Å². The first-order chi connectivity index (χ1) is 17.9. The zero-order chi connectivity index (χ0) is 26.4. The van der Waals surface area contributed by atoms with E-state index in [1.807, 2.05) is 46.7 Å². The summed E-state index contributed by atoms with van der Waals surface area (Å²) in [6.45, 7) is 4.78. The number of nitrogens with two attached hydrogens (primary N) is 1. The molecule has 2 aromatic carbocycles. The van der Waals surface area contributed by atoms with Crippen molar-refractivity contribution in [2.24, 2.45) is 5.73 Å². The lowest BCUT2D eigenvalue weighted by molar-refractivity contribution is 0.0874. The summed E-state index contributed by atoms with van der Waals surface area (Å²) in [5.41, 5.74) is 8.98. The lowest BCUT2D eigenvalue weighted by atomic mass is 10.1. The molecule has 0 bridgehead atoms. The lowest BCUT2D eigenvalue weighted by Gasteiger charge is -2.34. The van der Waals surface area contributed by atoms with Crippen LogP contribution < -0.4 is 15.8 Å². The van der Waals surface area contributed by atoms with Crippen molar-refractivity contribution >= 4 is 23.4 Å². The van der Waals surface area contributed by atoms with E-state index in [0.717, 1.165) is 17.7 Å². The number of aryl methyl sites for hydroxylation is 1. The lowest BCUT2D eigenvalue weighted by Crippen LogP contribution is -2.51. The van der Waals surface area contributed by atoms with Crippen LogP contribution in [0.25, 0.3) is 0 Å². The molecule has 0 aliphatic carbocycles. The molecule has 1 saturated heterocycles. The number of nitrogens with zero attached hydrogens (tertiary/aromatic N) is 3. The fourth-order valence-electron chi connectivity index (χ4n) is 4.57. The van der Waals surface area contributed by atoms with Gasteiger partial charge in [0.05, 0.1) is 24.9 Å². The first-order valence-corrected chi connectivity index (χ1v) is 12.3. The van der Waals surface area contributed by atoms with E-state index in [1.54, 1.807) is 42.3 Å². The molecule has 2 heterocycles. The highest BCUT2D eigenvalue weighted by Crippen LogP contribution is 2.19. The Morgan fingerprint density at radius 3 is 2.27 bits per heavy atom. The Morgan fingerprint density at radius 1 is 0.973 bits per heavy atom. The van der Waals surface area contributed by atoms with E-state index in [1.165, 1.54) is 0 Å². The van der Waals surface area contributed by atoms with Crippen molar-refractivity contribution in [3.63, 3.8) is 0 Å². The monoisotopic (exact) mass is 503 g/mol. The molecule has 0 unspecified atom stereocenters. The first-order valence-electron chi connectivity index (χ1n) is 12.3. The van der Waals surface area contributed by atoms with E-state index in [2.05, 4.69) is 5.32 Å². The van der Waals surface area contributed by atoms with E-state index in [9.17, 15) is 14.4 Å². The van der Waals surface area contributed by atoms with Crippen LogP contribution in [0.5, 0.6) is 5.75 Å². The van der Waals surface area contributed by atoms with Gasteiger partial charge < -0.3 is 25.3 Å². The molecule has 9 heteroatoms. The number of amides is 3. The number of rotatable bonds is 9. The largest absolute Gasteiger partial charge is 0.497 e. The van der Waals surface area contributed by atoms with Crippen molar-refractivity contribution in [3.8, 4) is 5.75 Å². The quantitative estimate of drug-likeness (QED) is 0.436. The SMILES string of the molecule is COc1ccc(NC(=O)N2CCN(CC(=O)c3cc(C(N)=O)c(C)n3CCc3ccccc3)CC2)cc1. The smallest absolute Gasteiger partial charge is 0.321 e. The van der Waals surface area contributed by atoms with Crippen molar-refractivity contribution < 1.29 is 19.1 Å². The van der Waals surface area contributed by atoms with Crippen LogP contribution >= 0.6 is 0 Å². The minimum atomic E-state index is -0.540. The number of methoxy groups -OCH3 is 1. The number of ketones is 1. The topological polar surface area (TPSA) is 110 Å². The molecule has 3 N–H and O–H groups in total. The van der Waals surface area contributed by atoms with Crippen molar-refractivity contribution in [3.05, 3.63) is 83.2 Å². The Kier molecular flexibility index (Phi) is 8.25. The highest BCUT2D eigenvalue weighted by Gasteiger charge is 2.25. The van der Waals surface area contributed by atoms with Gasteiger partial charge in [0.1, 0.15) is 5.75 Å². The summed E-state index contributed by atoms with van der Waals surface area (Å²) in [5.74, 6) is 0.113. The molecule has 1 aliphatic heterocycles. The van der Waals surface area contributed by atoms with E-state index >= 15 is 0 Å². The maximum atomic E-state index is 13.3. The van der Waals surface area contributed by atoms with Crippen LogP contribution in [0.4, 0.5) is 10.5 Å².